The van der Waals surface area contributed by atoms with Crippen LogP contribution in [-0.2, 0) is 0 Å². The van der Waals surface area contributed by atoms with E-state index in [-0.39, 0.29) is 0 Å². The van der Waals surface area contributed by atoms with Crippen LogP contribution in [0.4, 0.5) is 0 Å². The van der Waals surface area contributed by atoms with Crippen LogP contribution >= 0.6 is 24.4 Å². The molecule has 1 saturated heterocycles. The Bertz CT molecular complexity index is 152. The first kappa shape index (κ1) is 12.7. The molecule has 1 nitrogen and oxygen atoms in total. The molecule has 2 atom stereocenters. The van der Waals surface area contributed by atoms with Crippen LogP contribution in [0.25, 0.3) is 0 Å². The molecule has 0 aromatic heterocycles. The average Bonchev–Trinajstić information content (AvgIpc) is 2.17. The standard InChI is InChI=1S/C11H23NS2/c1-3-4-11(9-13)8-12-5-6-14-10(2)7-12/h10-11,13H,3-9H2,1-2H3. The molecule has 0 aromatic carbocycles. The van der Waals surface area contributed by atoms with Crippen LogP contribution in [0.15, 0.2) is 0 Å². The number of hydrogen-bond donors (Lipinski definition) is 1. The van der Waals surface area contributed by atoms with Gasteiger partial charge in [0.1, 0.15) is 0 Å². The summed E-state index contributed by atoms with van der Waals surface area (Å²) in [5.74, 6) is 3.16. The molecule has 0 amide bonds. The molecule has 2 unspecified atom stereocenters. The quantitative estimate of drug-likeness (QED) is 0.727. The van der Waals surface area contributed by atoms with E-state index in [2.05, 4.69) is 43.1 Å². The molecule has 0 saturated carbocycles. The first-order valence-electron chi connectivity index (χ1n) is 5.71. The normalized spacial score (nSPS) is 26.4. The van der Waals surface area contributed by atoms with Crippen molar-refractivity contribution in [2.45, 2.75) is 31.9 Å². The van der Waals surface area contributed by atoms with Crippen molar-refractivity contribution in [1.82, 2.24) is 4.90 Å². The average molecular weight is 233 g/mol. The highest BCUT2D eigenvalue weighted by Gasteiger charge is 2.19. The largest absolute Gasteiger partial charge is 0.301 e. The Labute approximate surface area is 98.4 Å². The molecule has 1 aliphatic rings. The van der Waals surface area contributed by atoms with Gasteiger partial charge in [0.05, 0.1) is 0 Å². The van der Waals surface area contributed by atoms with Gasteiger partial charge < -0.3 is 4.90 Å². The lowest BCUT2D eigenvalue weighted by atomic mass is 10.1. The molecular formula is C11H23NS2. The maximum absolute atomic E-state index is 4.44. The second-order valence-electron chi connectivity index (χ2n) is 4.28. The van der Waals surface area contributed by atoms with E-state index in [1.165, 1.54) is 38.2 Å². The molecule has 0 aliphatic carbocycles. The fourth-order valence-electron chi connectivity index (χ4n) is 2.07. The van der Waals surface area contributed by atoms with E-state index < -0.39 is 0 Å². The van der Waals surface area contributed by atoms with E-state index in [1.807, 2.05) is 0 Å². The lowest BCUT2D eigenvalue weighted by Crippen LogP contribution is -2.40. The Hall–Kier alpha value is 0.660. The molecule has 14 heavy (non-hydrogen) atoms. The van der Waals surface area contributed by atoms with Crippen LogP contribution in [0.3, 0.4) is 0 Å². The summed E-state index contributed by atoms with van der Waals surface area (Å²) in [5.41, 5.74) is 0. The Morgan fingerprint density at radius 2 is 2.36 bits per heavy atom. The van der Waals surface area contributed by atoms with E-state index >= 15 is 0 Å². The molecule has 3 heteroatoms. The fraction of sp³-hybridized carbons (Fsp3) is 1.00. The number of nitrogens with zero attached hydrogens (tertiary/aromatic N) is 1. The first-order valence-corrected chi connectivity index (χ1v) is 7.39. The lowest BCUT2D eigenvalue weighted by Gasteiger charge is -2.32. The lowest BCUT2D eigenvalue weighted by molar-refractivity contribution is 0.243. The zero-order valence-corrected chi connectivity index (χ0v) is 11.1. The summed E-state index contributed by atoms with van der Waals surface area (Å²) in [7, 11) is 0. The molecule has 84 valence electrons. The smallest absolute Gasteiger partial charge is 0.0147 e. The van der Waals surface area contributed by atoms with Crippen molar-refractivity contribution in [3.63, 3.8) is 0 Å². The minimum absolute atomic E-state index is 0.804. The van der Waals surface area contributed by atoms with Gasteiger partial charge in [0.15, 0.2) is 0 Å². The summed E-state index contributed by atoms with van der Waals surface area (Å²) >= 11 is 6.55. The van der Waals surface area contributed by atoms with Gasteiger partial charge in [0.25, 0.3) is 0 Å². The van der Waals surface area contributed by atoms with Gasteiger partial charge in [-0.25, -0.2) is 0 Å². The SMILES string of the molecule is CCCC(CS)CN1CCSC(C)C1. The van der Waals surface area contributed by atoms with Gasteiger partial charge >= 0.3 is 0 Å². The molecule has 0 N–H and O–H groups in total. The Kier molecular flexibility index (Phi) is 6.38. The summed E-state index contributed by atoms with van der Waals surface area (Å²) in [6.07, 6.45) is 2.63. The molecular weight excluding hydrogens is 210 g/mol. The fourth-order valence-corrected chi connectivity index (χ4v) is 3.45. The number of thioether (sulfide) groups is 1. The van der Waals surface area contributed by atoms with Gasteiger partial charge in [-0.1, -0.05) is 20.3 Å². The second kappa shape index (κ2) is 7.02. The zero-order chi connectivity index (χ0) is 10.4. The molecule has 1 aliphatic heterocycles. The number of thiol groups is 1. The maximum Gasteiger partial charge on any atom is 0.0147 e. The van der Waals surface area contributed by atoms with Crippen LogP contribution in [0.1, 0.15) is 26.7 Å². The highest BCUT2D eigenvalue weighted by molar-refractivity contribution is 7.99. The van der Waals surface area contributed by atoms with Crippen molar-refractivity contribution in [2.24, 2.45) is 5.92 Å². The summed E-state index contributed by atoms with van der Waals surface area (Å²) in [5, 5.41) is 0.825. The van der Waals surface area contributed by atoms with E-state index in [0.29, 0.717) is 0 Å². The van der Waals surface area contributed by atoms with E-state index in [9.17, 15) is 0 Å². The Morgan fingerprint density at radius 3 is 2.93 bits per heavy atom. The summed E-state index contributed by atoms with van der Waals surface area (Å²) in [6, 6.07) is 0. The van der Waals surface area contributed by atoms with Crippen molar-refractivity contribution < 1.29 is 0 Å². The Morgan fingerprint density at radius 1 is 1.57 bits per heavy atom. The van der Waals surface area contributed by atoms with Crippen molar-refractivity contribution in [3.8, 4) is 0 Å². The van der Waals surface area contributed by atoms with Gasteiger partial charge in [0.2, 0.25) is 0 Å². The van der Waals surface area contributed by atoms with Crippen molar-refractivity contribution in [3.05, 3.63) is 0 Å². The minimum Gasteiger partial charge on any atom is -0.301 e. The molecule has 1 rings (SSSR count). The van der Waals surface area contributed by atoms with Gasteiger partial charge in [-0.3, -0.25) is 0 Å². The molecule has 0 spiro atoms. The third-order valence-corrected chi connectivity index (χ3v) is 4.45. The first-order chi connectivity index (χ1) is 6.76. The Balaban J connectivity index is 2.26. The van der Waals surface area contributed by atoms with Gasteiger partial charge in [-0.15, -0.1) is 0 Å². The van der Waals surface area contributed by atoms with Crippen molar-refractivity contribution in [2.75, 3.05) is 31.1 Å². The molecule has 1 fully saturated rings. The molecule has 0 aromatic rings. The summed E-state index contributed by atoms with van der Waals surface area (Å²) < 4.78 is 0. The van der Waals surface area contributed by atoms with Gasteiger partial charge in [-0.2, -0.15) is 24.4 Å². The van der Waals surface area contributed by atoms with Crippen molar-refractivity contribution in [1.29, 1.82) is 0 Å². The zero-order valence-electron chi connectivity index (χ0n) is 9.41. The highest BCUT2D eigenvalue weighted by Crippen LogP contribution is 2.20. The molecule has 1 heterocycles. The van der Waals surface area contributed by atoms with E-state index in [1.54, 1.807) is 0 Å². The van der Waals surface area contributed by atoms with Gasteiger partial charge in [-0.05, 0) is 18.1 Å². The minimum atomic E-state index is 0.804. The van der Waals surface area contributed by atoms with Crippen molar-refractivity contribution >= 4 is 24.4 Å². The predicted molar refractivity (Wildman–Crippen MR) is 70.6 cm³/mol. The van der Waals surface area contributed by atoms with E-state index in [0.717, 1.165) is 16.9 Å². The van der Waals surface area contributed by atoms with Crippen LogP contribution in [0.2, 0.25) is 0 Å². The maximum atomic E-state index is 4.44. The number of rotatable bonds is 5. The topological polar surface area (TPSA) is 3.24 Å². The van der Waals surface area contributed by atoms with Crippen LogP contribution in [-0.4, -0.2) is 41.3 Å². The monoisotopic (exact) mass is 233 g/mol. The number of hydrogen-bond acceptors (Lipinski definition) is 3. The van der Waals surface area contributed by atoms with Crippen LogP contribution in [0.5, 0.6) is 0 Å². The summed E-state index contributed by atoms with van der Waals surface area (Å²) in [4.78, 5) is 2.62. The highest BCUT2D eigenvalue weighted by atomic mass is 32.2. The third kappa shape index (κ3) is 4.45. The predicted octanol–water partition coefficient (Wildman–Crippen LogP) is 2.77. The molecule has 0 radical (unpaired) electrons. The third-order valence-electron chi connectivity index (χ3n) is 2.80. The van der Waals surface area contributed by atoms with Gasteiger partial charge in [0, 0.05) is 30.6 Å². The van der Waals surface area contributed by atoms with E-state index in [4.69, 9.17) is 0 Å². The second-order valence-corrected chi connectivity index (χ2v) is 6.19. The molecule has 0 bridgehead atoms. The van der Waals surface area contributed by atoms with Crippen LogP contribution < -0.4 is 0 Å². The van der Waals surface area contributed by atoms with Crippen LogP contribution in [0, 0.1) is 5.92 Å². The summed E-state index contributed by atoms with van der Waals surface area (Å²) in [6.45, 7) is 8.43.